The van der Waals surface area contributed by atoms with Gasteiger partial charge in [-0.2, -0.15) is 114 Å². The van der Waals surface area contributed by atoms with Crippen molar-refractivity contribution in [1.82, 2.24) is 0 Å². The summed E-state index contributed by atoms with van der Waals surface area (Å²) in [6.07, 6.45) is -44.4. The summed E-state index contributed by atoms with van der Waals surface area (Å²) in [5, 5.41) is 0. The average Bonchev–Trinajstić information content (AvgIpc) is 3.98. The maximum absolute atomic E-state index is 15.3. The zero-order valence-corrected chi connectivity index (χ0v) is 39.5. The van der Waals surface area contributed by atoms with Gasteiger partial charge in [0, 0.05) is 12.8 Å². The van der Waals surface area contributed by atoms with Crippen LogP contribution in [0.2, 0.25) is 0 Å². The highest BCUT2D eigenvalue weighted by Gasteiger charge is 2.92. The van der Waals surface area contributed by atoms with Gasteiger partial charge < -0.3 is 37.9 Å². The summed E-state index contributed by atoms with van der Waals surface area (Å²) in [4.78, 5) is 0. The summed E-state index contributed by atoms with van der Waals surface area (Å²) in [5.41, 5.74) is -0.256. The monoisotopic (exact) mass is 1190 g/mol. The van der Waals surface area contributed by atoms with Crippen molar-refractivity contribution in [1.29, 1.82) is 0 Å². The zero-order chi connectivity index (χ0) is 59.5. The Labute approximate surface area is 421 Å². The standard InChI is InChI=1S/C44H40F26O8/c1-31(2)75-27-25(21(71-29(27)77-31)15-17-33(45,46)35(49,50)37(53,54)39(57,58)41(61,62)43(65,66)67)73-23(19-11-7-5-8-12-19)24(20-13-9-6-10-14-20)74-26-22(72-30-28(26)76-32(3,4)78-30)16-18-34(47,48)36(51,52)38(55,56)40(59,60)42(63,64)44(68,69)70/h5-14,21-30H,15-18H2,1-4H3/t21-,22-,23?,24?,25+,26+,27-,28-,29-,30-/m1/s1. The number of benzene rings is 2. The fraction of sp³-hybridized carbons (Fsp3) is 0.727. The van der Waals surface area contributed by atoms with Crippen molar-refractivity contribution in [3.8, 4) is 0 Å². The van der Waals surface area contributed by atoms with Gasteiger partial charge in [0.2, 0.25) is 0 Å². The van der Waals surface area contributed by atoms with Crippen LogP contribution < -0.4 is 0 Å². The minimum absolute atomic E-state index is 0.128. The Kier molecular flexibility index (Phi) is 16.3. The van der Waals surface area contributed by atoms with Gasteiger partial charge in [-0.3, -0.25) is 0 Å². The van der Waals surface area contributed by atoms with Crippen molar-refractivity contribution in [3.63, 3.8) is 0 Å². The van der Waals surface area contributed by atoms with Crippen molar-refractivity contribution in [2.75, 3.05) is 0 Å². The van der Waals surface area contributed by atoms with Crippen molar-refractivity contribution in [3.05, 3.63) is 71.8 Å². The molecule has 10 atom stereocenters. The predicted octanol–water partition coefficient (Wildman–Crippen LogP) is 14.0. The van der Waals surface area contributed by atoms with Gasteiger partial charge in [-0.25, -0.2) is 0 Å². The highest BCUT2D eigenvalue weighted by atomic mass is 19.4. The average molecular weight is 1190 g/mol. The summed E-state index contributed by atoms with van der Waals surface area (Å²) >= 11 is 0. The van der Waals surface area contributed by atoms with Crippen LogP contribution in [-0.4, -0.2) is 132 Å². The molecular weight excluding hydrogens is 1150 g/mol. The van der Waals surface area contributed by atoms with E-state index in [0.29, 0.717) is 0 Å². The summed E-state index contributed by atoms with van der Waals surface area (Å²) < 4.78 is 412. The third-order valence-corrected chi connectivity index (χ3v) is 12.8. The number of hydrogen-bond acceptors (Lipinski definition) is 8. The van der Waals surface area contributed by atoms with E-state index >= 15 is 17.6 Å². The number of ether oxygens (including phenoxy) is 8. The molecule has 34 heteroatoms. The second-order valence-electron chi connectivity index (χ2n) is 19.2. The molecule has 4 saturated heterocycles. The Balaban J connectivity index is 1.37. The number of hydrogen-bond donors (Lipinski definition) is 0. The van der Waals surface area contributed by atoms with E-state index in [2.05, 4.69) is 0 Å². The van der Waals surface area contributed by atoms with Gasteiger partial charge >= 0.3 is 71.6 Å². The largest absolute Gasteiger partial charge is 0.460 e. The van der Waals surface area contributed by atoms with E-state index in [9.17, 15) is 96.6 Å². The van der Waals surface area contributed by atoms with E-state index in [0.717, 1.165) is 0 Å². The lowest BCUT2D eigenvalue weighted by molar-refractivity contribution is -0.440. The van der Waals surface area contributed by atoms with Crippen LogP contribution in [0.15, 0.2) is 60.7 Å². The van der Waals surface area contributed by atoms with Crippen LogP contribution >= 0.6 is 0 Å². The lowest BCUT2D eigenvalue weighted by Crippen LogP contribution is -2.70. The van der Waals surface area contributed by atoms with Crippen LogP contribution in [0.1, 0.15) is 76.7 Å². The molecule has 2 unspecified atom stereocenters. The van der Waals surface area contributed by atoms with E-state index in [1.165, 1.54) is 88.4 Å². The van der Waals surface area contributed by atoms with E-state index < -0.39 is 170 Å². The van der Waals surface area contributed by atoms with E-state index in [1.807, 2.05) is 0 Å². The van der Waals surface area contributed by atoms with Crippen molar-refractivity contribution < 1.29 is 152 Å². The third-order valence-electron chi connectivity index (χ3n) is 12.8. The van der Waals surface area contributed by atoms with Gasteiger partial charge in [-0.15, -0.1) is 0 Å². The van der Waals surface area contributed by atoms with Crippen LogP contribution in [0.3, 0.4) is 0 Å². The lowest BCUT2D eigenvalue weighted by atomic mass is 9.90. The van der Waals surface area contributed by atoms with Crippen LogP contribution in [0, 0.1) is 0 Å². The molecule has 0 bridgehead atoms. The van der Waals surface area contributed by atoms with E-state index in [1.54, 1.807) is 0 Å². The van der Waals surface area contributed by atoms with Gasteiger partial charge in [-0.1, -0.05) is 60.7 Å². The first-order valence-corrected chi connectivity index (χ1v) is 22.3. The maximum atomic E-state index is 15.3. The SMILES string of the molecule is CC1(C)O[C@H]2O[C@H](CCC(F)(F)C(F)(F)C(F)(F)C(F)(F)C(F)(F)C(F)(F)F)[C@H](OC(c3ccccc3)C(O[C@@H]3[C@H]4OC(C)(C)O[C@H]4O[C@@H]3CCC(F)(F)C(F)(F)C(F)(F)C(F)(F)C(F)(F)C(F)(F)F)c3ccccc3)[C@H]2O1. The molecule has 4 aliphatic rings. The summed E-state index contributed by atoms with van der Waals surface area (Å²) in [6, 6.07) is 12.7. The van der Waals surface area contributed by atoms with Crippen molar-refractivity contribution in [2.45, 2.75) is 198 Å². The number of rotatable bonds is 21. The van der Waals surface area contributed by atoms with Gasteiger partial charge in [0.1, 0.15) is 36.6 Å². The second-order valence-corrected chi connectivity index (χ2v) is 19.2. The van der Waals surface area contributed by atoms with Crippen LogP contribution in [0.4, 0.5) is 114 Å². The van der Waals surface area contributed by atoms with Crippen LogP contribution in [0.5, 0.6) is 0 Å². The highest BCUT2D eigenvalue weighted by molar-refractivity contribution is 5.26. The van der Waals surface area contributed by atoms with Gasteiger partial charge in [0.15, 0.2) is 24.2 Å². The minimum Gasteiger partial charge on any atom is -0.362 e. The molecule has 0 N–H and O–H groups in total. The van der Waals surface area contributed by atoms with Gasteiger partial charge in [-0.05, 0) is 51.7 Å². The Hall–Kier alpha value is -3.70. The first kappa shape index (κ1) is 63.5. The summed E-state index contributed by atoms with van der Waals surface area (Å²) in [7, 11) is 0. The lowest BCUT2D eigenvalue weighted by Gasteiger charge is -2.40. The third kappa shape index (κ3) is 10.6. The zero-order valence-electron chi connectivity index (χ0n) is 39.5. The van der Waals surface area contributed by atoms with Gasteiger partial charge in [0.05, 0.1) is 12.2 Å². The van der Waals surface area contributed by atoms with E-state index in [-0.39, 0.29) is 11.1 Å². The van der Waals surface area contributed by atoms with E-state index in [4.69, 9.17) is 37.9 Å². The quantitative estimate of drug-likeness (QED) is 0.115. The fourth-order valence-corrected chi connectivity index (χ4v) is 8.73. The Morgan fingerprint density at radius 3 is 0.923 bits per heavy atom. The molecule has 0 radical (unpaired) electrons. The molecule has 2 aromatic carbocycles. The molecule has 2 aromatic rings. The fourth-order valence-electron chi connectivity index (χ4n) is 8.73. The molecule has 8 nitrogen and oxygen atoms in total. The molecule has 446 valence electrons. The molecule has 4 heterocycles. The molecular formula is C44H40F26O8. The first-order chi connectivity index (χ1) is 35.0. The molecule has 0 saturated carbocycles. The molecule has 0 spiro atoms. The summed E-state index contributed by atoms with van der Waals surface area (Å²) in [6.45, 7) is 4.80. The maximum Gasteiger partial charge on any atom is 0.460 e. The van der Waals surface area contributed by atoms with Crippen molar-refractivity contribution >= 4 is 0 Å². The van der Waals surface area contributed by atoms with Crippen molar-refractivity contribution in [2.24, 2.45) is 0 Å². The smallest absolute Gasteiger partial charge is 0.362 e. The number of halogens is 26. The summed E-state index contributed by atoms with van der Waals surface area (Å²) in [5.74, 6) is -81.0. The topological polar surface area (TPSA) is 73.8 Å². The number of alkyl halides is 26. The Morgan fingerprint density at radius 2 is 0.654 bits per heavy atom. The predicted molar refractivity (Wildman–Crippen MR) is 206 cm³/mol. The Bertz CT molecular complexity index is 2220. The van der Waals surface area contributed by atoms with Crippen LogP contribution in [-0.2, 0) is 37.9 Å². The number of fused-ring (bicyclic) bond motifs is 2. The molecule has 6 rings (SSSR count). The molecule has 78 heavy (non-hydrogen) atoms. The molecule has 0 aliphatic carbocycles. The molecule has 4 fully saturated rings. The highest BCUT2D eigenvalue weighted by Crippen LogP contribution is 2.63. The molecule has 0 amide bonds. The van der Waals surface area contributed by atoms with Gasteiger partial charge in [0.25, 0.3) is 0 Å². The first-order valence-electron chi connectivity index (χ1n) is 22.3. The Morgan fingerprint density at radius 1 is 0.385 bits per heavy atom. The molecule has 4 aliphatic heterocycles. The van der Waals surface area contributed by atoms with Crippen LogP contribution in [0.25, 0.3) is 0 Å². The normalized spacial score (nSPS) is 27.7. The minimum atomic E-state index is -8.23. The molecule has 0 aromatic heterocycles. The second kappa shape index (κ2) is 20.0.